The van der Waals surface area contributed by atoms with E-state index in [0.29, 0.717) is 12.6 Å². The second-order valence-electron chi connectivity index (χ2n) is 3.54. The summed E-state index contributed by atoms with van der Waals surface area (Å²) in [6, 6.07) is 2.01. The van der Waals surface area contributed by atoms with Crippen LogP contribution >= 0.6 is 0 Å². The summed E-state index contributed by atoms with van der Waals surface area (Å²) in [7, 11) is 0. The highest BCUT2D eigenvalue weighted by atomic mass is 16.5. The summed E-state index contributed by atoms with van der Waals surface area (Å²) in [6.07, 6.45) is 5.34. The number of hydrazine groups is 1. The molecule has 0 fully saturated rings. The smallest absolute Gasteiger partial charge is 0.323 e. The molecule has 18 heavy (non-hydrogen) atoms. The Hall–Kier alpha value is -2.22. The molecule has 0 radical (unpaired) electrons. The normalized spacial score (nSPS) is 10.3. The molecule has 0 aromatic carbocycles. The third kappa shape index (κ3) is 2.92. The molecule has 0 spiro atoms. The van der Waals surface area contributed by atoms with Gasteiger partial charge in [0.2, 0.25) is 5.95 Å². The van der Waals surface area contributed by atoms with Crippen LogP contribution in [0.25, 0.3) is 5.95 Å². The molecule has 0 aliphatic rings. The lowest BCUT2D eigenvalue weighted by Crippen LogP contribution is -2.15. The van der Waals surface area contributed by atoms with Crippen LogP contribution in [0.4, 0.5) is 5.95 Å². The zero-order valence-electron chi connectivity index (χ0n) is 10.1. The van der Waals surface area contributed by atoms with Gasteiger partial charge in [0.1, 0.15) is 0 Å². The fourth-order valence-electron chi connectivity index (χ4n) is 1.27. The van der Waals surface area contributed by atoms with Crippen LogP contribution in [0.5, 0.6) is 6.01 Å². The highest BCUT2D eigenvalue weighted by Crippen LogP contribution is 2.10. The van der Waals surface area contributed by atoms with Crippen LogP contribution in [0.3, 0.4) is 0 Å². The van der Waals surface area contributed by atoms with Crippen molar-refractivity contribution < 1.29 is 4.74 Å². The molecule has 0 aliphatic carbocycles. The summed E-state index contributed by atoms with van der Waals surface area (Å²) in [5.74, 6) is 5.90. The van der Waals surface area contributed by atoms with E-state index in [2.05, 4.69) is 32.4 Å². The van der Waals surface area contributed by atoms with E-state index in [1.165, 1.54) is 4.68 Å². The Bertz CT molecular complexity index is 485. The zero-order valence-corrected chi connectivity index (χ0v) is 10.1. The van der Waals surface area contributed by atoms with Gasteiger partial charge in [-0.25, -0.2) is 10.5 Å². The van der Waals surface area contributed by atoms with Gasteiger partial charge in [0.05, 0.1) is 6.61 Å². The van der Waals surface area contributed by atoms with Crippen LogP contribution in [0, 0.1) is 0 Å². The zero-order chi connectivity index (χ0) is 12.8. The van der Waals surface area contributed by atoms with Gasteiger partial charge in [-0.05, 0) is 12.5 Å². The lowest BCUT2D eigenvalue weighted by atomic mass is 10.4. The predicted molar refractivity (Wildman–Crippen MR) is 65.2 cm³/mol. The molecule has 2 rings (SSSR count). The number of nitrogen functional groups attached to an aromatic ring is 1. The minimum Gasteiger partial charge on any atom is -0.463 e. The Kier molecular flexibility index (Phi) is 4.02. The second-order valence-corrected chi connectivity index (χ2v) is 3.54. The van der Waals surface area contributed by atoms with Gasteiger partial charge in [-0.1, -0.05) is 13.3 Å². The maximum Gasteiger partial charge on any atom is 0.323 e. The van der Waals surface area contributed by atoms with Crippen LogP contribution in [-0.4, -0.2) is 31.3 Å². The van der Waals surface area contributed by atoms with Gasteiger partial charge in [-0.15, -0.1) is 0 Å². The third-order valence-electron chi connectivity index (χ3n) is 2.17. The lowest BCUT2D eigenvalue weighted by Gasteiger charge is -2.07. The monoisotopic (exact) mass is 249 g/mol. The molecule has 2 aromatic rings. The standard InChI is InChI=1S/C10H15N7O/c1-2-3-7-18-10-14-8(16-11)13-9(15-10)17-6-4-5-12-17/h4-6H,2-3,7,11H2,1H3,(H,13,14,15,16). The maximum absolute atomic E-state index is 5.43. The number of rotatable bonds is 6. The molecule has 96 valence electrons. The summed E-state index contributed by atoms with van der Waals surface area (Å²) < 4.78 is 6.94. The summed E-state index contributed by atoms with van der Waals surface area (Å²) in [6.45, 7) is 2.64. The van der Waals surface area contributed by atoms with E-state index in [4.69, 9.17) is 10.6 Å². The largest absolute Gasteiger partial charge is 0.463 e. The number of hydrogen-bond donors (Lipinski definition) is 2. The molecule has 2 aromatic heterocycles. The fraction of sp³-hybridized carbons (Fsp3) is 0.400. The van der Waals surface area contributed by atoms with Crippen molar-refractivity contribution in [2.24, 2.45) is 5.84 Å². The predicted octanol–water partition coefficient (Wildman–Crippen LogP) is 0.522. The summed E-state index contributed by atoms with van der Waals surface area (Å²) in [5, 5.41) is 4.04. The molecule has 0 atom stereocenters. The van der Waals surface area contributed by atoms with Crippen molar-refractivity contribution in [3.05, 3.63) is 18.5 Å². The van der Waals surface area contributed by atoms with Crippen molar-refractivity contribution >= 4 is 5.95 Å². The van der Waals surface area contributed by atoms with Crippen molar-refractivity contribution in [3.63, 3.8) is 0 Å². The van der Waals surface area contributed by atoms with E-state index in [9.17, 15) is 0 Å². The Labute approximate surface area is 104 Å². The van der Waals surface area contributed by atoms with Crippen LogP contribution in [-0.2, 0) is 0 Å². The van der Waals surface area contributed by atoms with E-state index in [0.717, 1.165) is 12.8 Å². The van der Waals surface area contributed by atoms with E-state index in [1.807, 2.05) is 0 Å². The molecule has 2 heterocycles. The van der Waals surface area contributed by atoms with Gasteiger partial charge in [-0.2, -0.15) is 20.1 Å². The quantitative estimate of drug-likeness (QED) is 0.437. The van der Waals surface area contributed by atoms with E-state index in [1.54, 1.807) is 18.5 Å². The van der Waals surface area contributed by atoms with Gasteiger partial charge in [-0.3, -0.25) is 5.43 Å². The first-order chi connectivity index (χ1) is 8.83. The molecule has 8 heteroatoms. The Morgan fingerprint density at radius 1 is 1.39 bits per heavy atom. The number of ether oxygens (including phenoxy) is 1. The minimum absolute atomic E-state index is 0.233. The molecule has 0 aliphatic heterocycles. The number of nitrogens with zero attached hydrogens (tertiary/aromatic N) is 5. The number of aromatic nitrogens is 5. The first-order valence-corrected chi connectivity index (χ1v) is 5.69. The van der Waals surface area contributed by atoms with Crippen LogP contribution in [0.15, 0.2) is 18.5 Å². The summed E-state index contributed by atoms with van der Waals surface area (Å²) in [4.78, 5) is 12.3. The molecule has 0 unspecified atom stereocenters. The van der Waals surface area contributed by atoms with Crippen LogP contribution < -0.4 is 16.0 Å². The Morgan fingerprint density at radius 3 is 2.94 bits per heavy atom. The van der Waals surface area contributed by atoms with Gasteiger partial charge in [0, 0.05) is 12.4 Å². The molecule has 8 nitrogen and oxygen atoms in total. The summed E-state index contributed by atoms with van der Waals surface area (Å²) >= 11 is 0. The van der Waals surface area contributed by atoms with Gasteiger partial charge >= 0.3 is 6.01 Å². The second kappa shape index (κ2) is 5.92. The van der Waals surface area contributed by atoms with Gasteiger partial charge in [0.15, 0.2) is 0 Å². The average molecular weight is 249 g/mol. The Balaban J connectivity index is 2.22. The molecule has 0 amide bonds. The lowest BCUT2D eigenvalue weighted by molar-refractivity contribution is 0.284. The van der Waals surface area contributed by atoms with Crippen molar-refractivity contribution in [3.8, 4) is 12.0 Å². The molecule has 0 saturated heterocycles. The number of unbranched alkanes of at least 4 members (excludes halogenated alkanes) is 1. The minimum atomic E-state index is 0.233. The molecule has 3 N–H and O–H groups in total. The van der Waals surface area contributed by atoms with Gasteiger partial charge in [0.25, 0.3) is 5.95 Å². The van der Waals surface area contributed by atoms with Gasteiger partial charge < -0.3 is 4.74 Å². The average Bonchev–Trinajstić information content (AvgIpc) is 2.92. The van der Waals surface area contributed by atoms with E-state index < -0.39 is 0 Å². The van der Waals surface area contributed by atoms with E-state index >= 15 is 0 Å². The van der Waals surface area contributed by atoms with E-state index in [-0.39, 0.29) is 12.0 Å². The summed E-state index contributed by atoms with van der Waals surface area (Å²) in [5.41, 5.74) is 2.38. The van der Waals surface area contributed by atoms with Crippen molar-refractivity contribution in [2.75, 3.05) is 12.0 Å². The van der Waals surface area contributed by atoms with Crippen molar-refractivity contribution in [2.45, 2.75) is 19.8 Å². The first-order valence-electron chi connectivity index (χ1n) is 5.69. The van der Waals surface area contributed by atoms with Crippen LogP contribution in [0.1, 0.15) is 19.8 Å². The van der Waals surface area contributed by atoms with Crippen molar-refractivity contribution in [1.29, 1.82) is 0 Å². The highest BCUT2D eigenvalue weighted by Gasteiger charge is 2.08. The molecular formula is C10H15N7O. The maximum atomic E-state index is 5.43. The highest BCUT2D eigenvalue weighted by molar-refractivity contribution is 5.28. The van der Waals surface area contributed by atoms with Crippen molar-refractivity contribution in [1.82, 2.24) is 24.7 Å². The Morgan fingerprint density at radius 2 is 2.28 bits per heavy atom. The molecule has 0 saturated carbocycles. The number of nitrogens with one attached hydrogen (secondary N) is 1. The number of nitrogens with two attached hydrogens (primary N) is 1. The SMILES string of the molecule is CCCCOc1nc(NN)nc(-n2cccn2)n1. The number of hydrogen-bond acceptors (Lipinski definition) is 7. The van der Waals surface area contributed by atoms with Crippen LogP contribution in [0.2, 0.25) is 0 Å². The number of anilines is 1. The third-order valence-corrected chi connectivity index (χ3v) is 2.17. The topological polar surface area (TPSA) is 104 Å². The molecule has 0 bridgehead atoms. The fourth-order valence-corrected chi connectivity index (χ4v) is 1.27. The molecular weight excluding hydrogens is 234 g/mol. The first kappa shape index (κ1) is 12.2.